The van der Waals surface area contributed by atoms with Crippen molar-refractivity contribution in [2.24, 2.45) is 0 Å². The van der Waals surface area contributed by atoms with Crippen LogP contribution in [0.1, 0.15) is 5.56 Å². The molecule has 0 fully saturated rings. The Labute approximate surface area is 85.4 Å². The van der Waals surface area contributed by atoms with Crippen molar-refractivity contribution >= 4 is 24.8 Å². The average molecular weight is 212 g/mol. The van der Waals surface area contributed by atoms with Gasteiger partial charge in [0.25, 0.3) is 0 Å². The summed E-state index contributed by atoms with van der Waals surface area (Å²) in [6.07, 6.45) is 3.91. The second kappa shape index (κ2) is 7.40. The molecule has 72 valence electrons. The second-order valence-electron chi connectivity index (χ2n) is 2.38. The fourth-order valence-electron chi connectivity index (χ4n) is 0.816. The average Bonchev–Trinajstić information content (AvgIpc) is 2.31. The molecule has 0 atom stereocenters. The van der Waals surface area contributed by atoms with E-state index in [0.717, 1.165) is 13.1 Å². The van der Waals surface area contributed by atoms with Crippen LogP contribution in [0.4, 0.5) is 0 Å². The summed E-state index contributed by atoms with van der Waals surface area (Å²) in [7, 11) is 1.94. The lowest BCUT2D eigenvalue weighted by Crippen LogP contribution is -2.14. The molecule has 0 unspecified atom stereocenters. The first-order valence-electron chi connectivity index (χ1n) is 3.46. The van der Waals surface area contributed by atoms with Gasteiger partial charge in [0, 0.05) is 12.7 Å². The van der Waals surface area contributed by atoms with Crippen LogP contribution < -0.4 is 5.32 Å². The molecular weight excluding hydrogens is 197 g/mol. The summed E-state index contributed by atoms with van der Waals surface area (Å²) in [5, 5.41) is 7.19. The molecule has 0 aliphatic rings. The predicted octanol–water partition coefficient (Wildman–Crippen LogP) is 1.25. The third-order valence-corrected chi connectivity index (χ3v) is 1.35. The highest BCUT2D eigenvalue weighted by Crippen LogP contribution is 1.92. The van der Waals surface area contributed by atoms with E-state index in [0.29, 0.717) is 0 Å². The first kappa shape index (κ1) is 14.3. The molecule has 0 amide bonds. The van der Waals surface area contributed by atoms with E-state index in [2.05, 4.69) is 10.4 Å². The van der Waals surface area contributed by atoms with Crippen LogP contribution in [-0.2, 0) is 6.54 Å². The summed E-state index contributed by atoms with van der Waals surface area (Å²) < 4.78 is 1.94. The van der Waals surface area contributed by atoms with E-state index >= 15 is 0 Å². The molecule has 1 rings (SSSR count). The molecule has 0 saturated heterocycles. The fraction of sp³-hybridized carbons (Fsp3) is 0.571. The van der Waals surface area contributed by atoms with E-state index in [9.17, 15) is 0 Å². The van der Waals surface area contributed by atoms with E-state index in [4.69, 9.17) is 0 Å². The monoisotopic (exact) mass is 211 g/mol. The largest absolute Gasteiger partial charge is 0.318 e. The van der Waals surface area contributed by atoms with E-state index in [1.165, 1.54) is 5.56 Å². The van der Waals surface area contributed by atoms with Crippen LogP contribution in [0, 0.1) is 6.92 Å². The number of likely N-dealkylation sites (N-methyl/N-ethyl adjacent to an activating group) is 1. The van der Waals surface area contributed by atoms with Gasteiger partial charge in [-0.3, -0.25) is 4.68 Å². The van der Waals surface area contributed by atoms with Crippen molar-refractivity contribution in [1.29, 1.82) is 0 Å². The van der Waals surface area contributed by atoms with E-state index in [1.807, 2.05) is 31.0 Å². The predicted molar refractivity (Wildman–Crippen MR) is 55.4 cm³/mol. The van der Waals surface area contributed by atoms with Gasteiger partial charge in [0.1, 0.15) is 0 Å². The molecular formula is C7H15Cl2N3. The molecule has 1 heterocycles. The molecule has 1 aromatic heterocycles. The van der Waals surface area contributed by atoms with Crippen LogP contribution in [0.15, 0.2) is 12.4 Å². The molecule has 0 saturated carbocycles. The molecule has 1 aromatic rings. The quantitative estimate of drug-likeness (QED) is 0.817. The molecule has 0 radical (unpaired) electrons. The van der Waals surface area contributed by atoms with Gasteiger partial charge in [0.2, 0.25) is 0 Å². The number of aryl methyl sites for hydroxylation is 1. The lowest BCUT2D eigenvalue weighted by molar-refractivity contribution is 0.584. The summed E-state index contributed by atoms with van der Waals surface area (Å²) in [5.74, 6) is 0. The molecule has 0 aliphatic carbocycles. The zero-order valence-corrected chi connectivity index (χ0v) is 8.91. The van der Waals surface area contributed by atoms with Gasteiger partial charge in [-0.05, 0) is 19.5 Å². The Hall–Kier alpha value is -0.250. The third kappa shape index (κ3) is 4.59. The number of rotatable bonds is 3. The number of nitrogens with one attached hydrogen (secondary N) is 1. The Bertz CT molecular complexity index is 200. The normalized spacial score (nSPS) is 8.50. The van der Waals surface area contributed by atoms with Gasteiger partial charge >= 0.3 is 0 Å². The van der Waals surface area contributed by atoms with Gasteiger partial charge in [0.15, 0.2) is 0 Å². The lowest BCUT2D eigenvalue weighted by Gasteiger charge is -1.97. The standard InChI is InChI=1S/C7H13N3.2ClH/c1-7-5-9-10(6-7)4-3-8-2;;/h5-6,8H,3-4H2,1-2H3;2*1H. The molecule has 3 nitrogen and oxygen atoms in total. The topological polar surface area (TPSA) is 29.9 Å². The maximum absolute atomic E-state index is 4.13. The van der Waals surface area contributed by atoms with E-state index in [1.54, 1.807) is 0 Å². The van der Waals surface area contributed by atoms with Gasteiger partial charge in [-0.25, -0.2) is 0 Å². The molecule has 0 aliphatic heterocycles. The van der Waals surface area contributed by atoms with Crippen LogP contribution in [0.5, 0.6) is 0 Å². The van der Waals surface area contributed by atoms with Crippen LogP contribution in [0.2, 0.25) is 0 Å². The summed E-state index contributed by atoms with van der Waals surface area (Å²) >= 11 is 0. The molecule has 12 heavy (non-hydrogen) atoms. The van der Waals surface area contributed by atoms with Gasteiger partial charge in [-0.2, -0.15) is 5.10 Å². The molecule has 0 bridgehead atoms. The first-order valence-corrected chi connectivity index (χ1v) is 3.46. The van der Waals surface area contributed by atoms with Crippen LogP contribution in [0.25, 0.3) is 0 Å². The lowest BCUT2D eigenvalue weighted by atomic mass is 10.4. The minimum Gasteiger partial charge on any atom is -0.318 e. The Morgan fingerprint density at radius 1 is 1.50 bits per heavy atom. The fourth-order valence-corrected chi connectivity index (χ4v) is 0.816. The van der Waals surface area contributed by atoms with Gasteiger partial charge in [0.05, 0.1) is 12.7 Å². The number of nitrogens with zero attached hydrogens (tertiary/aromatic N) is 2. The van der Waals surface area contributed by atoms with Crippen molar-refractivity contribution in [2.45, 2.75) is 13.5 Å². The second-order valence-corrected chi connectivity index (χ2v) is 2.38. The highest BCUT2D eigenvalue weighted by atomic mass is 35.5. The summed E-state index contributed by atoms with van der Waals surface area (Å²) in [6, 6.07) is 0. The van der Waals surface area contributed by atoms with Crippen molar-refractivity contribution in [3.63, 3.8) is 0 Å². The van der Waals surface area contributed by atoms with Gasteiger partial charge < -0.3 is 5.32 Å². The Morgan fingerprint density at radius 3 is 2.58 bits per heavy atom. The highest BCUT2D eigenvalue weighted by Gasteiger charge is 1.90. The highest BCUT2D eigenvalue weighted by molar-refractivity contribution is 5.85. The third-order valence-electron chi connectivity index (χ3n) is 1.35. The summed E-state index contributed by atoms with van der Waals surface area (Å²) in [6.45, 7) is 3.97. The zero-order chi connectivity index (χ0) is 7.40. The molecule has 0 spiro atoms. The van der Waals surface area contributed by atoms with Crippen molar-refractivity contribution in [2.75, 3.05) is 13.6 Å². The van der Waals surface area contributed by atoms with Crippen molar-refractivity contribution in [3.8, 4) is 0 Å². The smallest absolute Gasteiger partial charge is 0.0533 e. The SMILES string of the molecule is CNCCn1cc(C)cn1.Cl.Cl. The van der Waals surface area contributed by atoms with Gasteiger partial charge in [-0.1, -0.05) is 0 Å². The van der Waals surface area contributed by atoms with Crippen LogP contribution in [-0.4, -0.2) is 23.4 Å². The number of hydrogen-bond acceptors (Lipinski definition) is 2. The van der Waals surface area contributed by atoms with Crippen LogP contribution >= 0.6 is 24.8 Å². The van der Waals surface area contributed by atoms with E-state index < -0.39 is 0 Å². The molecule has 0 aromatic carbocycles. The first-order chi connectivity index (χ1) is 4.83. The Balaban J connectivity index is 0. The zero-order valence-electron chi connectivity index (χ0n) is 7.28. The minimum atomic E-state index is 0. The van der Waals surface area contributed by atoms with Crippen molar-refractivity contribution < 1.29 is 0 Å². The summed E-state index contributed by atoms with van der Waals surface area (Å²) in [4.78, 5) is 0. The molecule has 5 heteroatoms. The molecule has 1 N–H and O–H groups in total. The van der Waals surface area contributed by atoms with Gasteiger partial charge in [-0.15, -0.1) is 24.8 Å². The van der Waals surface area contributed by atoms with Crippen LogP contribution in [0.3, 0.4) is 0 Å². The number of hydrogen-bond donors (Lipinski definition) is 1. The van der Waals surface area contributed by atoms with Crippen molar-refractivity contribution in [1.82, 2.24) is 15.1 Å². The minimum absolute atomic E-state index is 0. The maximum atomic E-state index is 4.13. The number of halogens is 2. The summed E-state index contributed by atoms with van der Waals surface area (Å²) in [5.41, 5.74) is 1.22. The van der Waals surface area contributed by atoms with Crippen molar-refractivity contribution in [3.05, 3.63) is 18.0 Å². The Kier molecular flexibility index (Phi) is 8.81. The number of aromatic nitrogens is 2. The Morgan fingerprint density at radius 2 is 2.17 bits per heavy atom. The van der Waals surface area contributed by atoms with E-state index in [-0.39, 0.29) is 24.8 Å². The maximum Gasteiger partial charge on any atom is 0.0533 e.